The maximum Gasteiger partial charge on any atom is 0.364 e. The number of carbonyl (C=O) groups is 2. The minimum Gasteiger partial charge on any atom is -0.477 e. The first-order chi connectivity index (χ1) is 46.7. The van der Waals surface area contributed by atoms with E-state index in [0.29, 0.717) is 0 Å². The molecule has 10 aliphatic heterocycles. The van der Waals surface area contributed by atoms with Gasteiger partial charge in [0.05, 0.1) is 52.9 Å². The van der Waals surface area contributed by atoms with Gasteiger partial charge in [-0.05, 0) is 0 Å². The van der Waals surface area contributed by atoms with E-state index in [1.807, 2.05) is 0 Å². The Hall–Kier alpha value is -2.70. The molecule has 10 heterocycles. The summed E-state index contributed by atoms with van der Waals surface area (Å²) >= 11 is 0. The Bertz CT molecular complexity index is 2620. The van der Waals surface area contributed by atoms with Crippen molar-refractivity contribution >= 4 is 11.9 Å². The molecular formula is C54H86O45. The predicted molar refractivity (Wildman–Crippen MR) is 292 cm³/mol. The molecule has 45 nitrogen and oxygen atoms in total. The molecule has 10 saturated heterocycles. The first-order valence-corrected chi connectivity index (χ1v) is 31.2. The fourth-order valence-electron chi connectivity index (χ4n) is 12.8. The molecule has 0 aromatic heterocycles. The fourth-order valence-corrected chi connectivity index (χ4v) is 12.8. The molecule has 24 N–H and O–H groups in total. The lowest BCUT2D eigenvalue weighted by Crippen LogP contribution is -2.71. The number of carboxylic acids is 2. The van der Waals surface area contributed by atoms with Crippen molar-refractivity contribution < 1.29 is 222 Å². The summed E-state index contributed by atoms with van der Waals surface area (Å²) in [5.41, 5.74) is 0. The van der Waals surface area contributed by atoms with Crippen molar-refractivity contribution in [2.24, 2.45) is 0 Å². The second-order valence-corrected chi connectivity index (χ2v) is 25.4. The van der Waals surface area contributed by atoms with Crippen LogP contribution in [0, 0.1) is 0 Å². The monoisotopic (exact) mass is 1450 g/mol. The topological polar surface area (TPSA) is 695 Å². The summed E-state index contributed by atoms with van der Waals surface area (Å²) in [6, 6.07) is 0. The second kappa shape index (κ2) is 32.2. The van der Waals surface area contributed by atoms with Gasteiger partial charge in [0.25, 0.3) is 11.6 Å². The minimum absolute atomic E-state index is 0.540. The molecule has 572 valence electrons. The summed E-state index contributed by atoms with van der Waals surface area (Å²) in [4.78, 5) is 24.2. The maximum atomic E-state index is 12.3. The second-order valence-electron chi connectivity index (χ2n) is 25.4. The van der Waals surface area contributed by atoms with Gasteiger partial charge in [-0.3, -0.25) is 0 Å². The molecule has 0 aromatic carbocycles. The smallest absolute Gasteiger partial charge is 0.364 e. The fraction of sp³-hybridized carbons (Fsp3) is 0.963. The summed E-state index contributed by atoms with van der Waals surface area (Å²) in [6.45, 7) is -5.04. The van der Waals surface area contributed by atoms with Gasteiger partial charge in [-0.1, -0.05) is 0 Å². The Balaban J connectivity index is 0.754. The maximum absolute atomic E-state index is 12.3. The molecular weight excluding hydrogens is 1370 g/mol. The molecule has 10 rings (SSSR count). The van der Waals surface area contributed by atoms with Crippen molar-refractivity contribution in [2.45, 2.75) is 271 Å². The molecule has 45 heteroatoms. The Labute approximate surface area is 557 Å². The number of aliphatic hydroxyl groups excluding tert-OH is 22. The first-order valence-electron chi connectivity index (χ1n) is 31.2. The third kappa shape index (κ3) is 15.8. The van der Waals surface area contributed by atoms with E-state index >= 15 is 0 Å². The quantitative estimate of drug-likeness (QED) is 0.0479. The van der Waals surface area contributed by atoms with Crippen molar-refractivity contribution in [1.82, 2.24) is 0 Å². The van der Waals surface area contributed by atoms with E-state index in [4.69, 9.17) is 90.0 Å². The van der Waals surface area contributed by atoms with E-state index in [2.05, 4.69) is 0 Å². The third-order valence-electron chi connectivity index (χ3n) is 18.7. The van der Waals surface area contributed by atoms with E-state index in [-0.39, 0.29) is 0 Å². The molecule has 42 atom stereocenters. The van der Waals surface area contributed by atoms with Gasteiger partial charge in [0.1, 0.15) is 195 Å². The molecule has 0 bridgehead atoms. The van der Waals surface area contributed by atoms with Crippen molar-refractivity contribution in [3.05, 3.63) is 0 Å². The van der Waals surface area contributed by atoms with Gasteiger partial charge in [-0.25, -0.2) is 9.59 Å². The average Bonchev–Trinajstić information content (AvgIpc) is 0.739. The SMILES string of the molecule is CC1(C(=O)O)OC[C@H]2O[C@@H](O[C@@H]3[C@@H](O)[C@H](O[C@@H]4[C@@H](O)[C@H](OC[C@H]5O[C@@H](OC[C@H]6O[C@@H](O[C@H]7[C@H](O)[C@@H](O)[C@H](O[C@H]8[C@H](O)[C@@H](O)[C@H](O[C@H]9[C@@H](O)[C@@H](CO)OC(O)[C@@H]9O)O[C@@H]8CO)O[C@@H]7CO)[C@H](O)[C@@H](O)[C@@H]6O)[C@H](O)[C@@H](O)[C@@H]5O)O[C@H](CO)[C@H]4O)O[C@@H]4COC(C)(C(=O)O)O[C@@H]34)[C@H](O)[C@@H](O)[C@H]2O1. The molecule has 0 aromatic rings. The van der Waals surface area contributed by atoms with E-state index in [0.717, 1.165) is 13.8 Å². The van der Waals surface area contributed by atoms with Crippen LogP contribution in [0.2, 0.25) is 0 Å². The molecule has 3 unspecified atom stereocenters. The number of rotatable bonds is 22. The van der Waals surface area contributed by atoms with Gasteiger partial charge in [-0.2, -0.15) is 0 Å². The summed E-state index contributed by atoms with van der Waals surface area (Å²) in [6.07, 6.45) is -77.9. The van der Waals surface area contributed by atoms with Gasteiger partial charge in [0.15, 0.2) is 50.3 Å². The van der Waals surface area contributed by atoms with Gasteiger partial charge in [0, 0.05) is 13.8 Å². The highest BCUT2D eigenvalue weighted by Gasteiger charge is 2.62. The Morgan fingerprint density at radius 1 is 0.323 bits per heavy atom. The Morgan fingerprint density at radius 3 is 1.11 bits per heavy atom. The Kier molecular flexibility index (Phi) is 25.6. The van der Waals surface area contributed by atoms with Crippen LogP contribution in [-0.4, -0.2) is 445 Å². The summed E-state index contributed by atoms with van der Waals surface area (Å²) in [5.74, 6) is -7.92. The third-order valence-corrected chi connectivity index (χ3v) is 18.7. The molecule has 0 amide bonds. The molecule has 0 spiro atoms. The number of aliphatic carboxylic acids is 2. The summed E-state index contributed by atoms with van der Waals surface area (Å²) < 4.78 is 107. The van der Waals surface area contributed by atoms with Crippen LogP contribution in [0.1, 0.15) is 13.8 Å². The lowest BCUT2D eigenvalue weighted by Gasteiger charge is -2.53. The number of carboxylic acid groups (broad SMARTS) is 2. The van der Waals surface area contributed by atoms with Gasteiger partial charge >= 0.3 is 11.9 Å². The zero-order valence-electron chi connectivity index (χ0n) is 52.1. The highest BCUT2D eigenvalue weighted by atomic mass is 16.8. The van der Waals surface area contributed by atoms with Crippen LogP contribution in [-0.2, 0) is 99.6 Å². The Morgan fingerprint density at radius 2 is 0.646 bits per heavy atom. The molecule has 10 aliphatic rings. The number of hydrogen-bond donors (Lipinski definition) is 24. The zero-order valence-corrected chi connectivity index (χ0v) is 52.1. The van der Waals surface area contributed by atoms with Crippen molar-refractivity contribution in [3.8, 4) is 0 Å². The molecule has 0 saturated carbocycles. The van der Waals surface area contributed by atoms with Crippen LogP contribution in [0.5, 0.6) is 0 Å². The first kappa shape index (κ1) is 78.9. The minimum atomic E-state index is -2.42. The van der Waals surface area contributed by atoms with E-state index in [1.165, 1.54) is 0 Å². The van der Waals surface area contributed by atoms with Gasteiger partial charge in [0.2, 0.25) is 0 Å². The van der Waals surface area contributed by atoms with Crippen molar-refractivity contribution in [3.63, 3.8) is 0 Å². The summed E-state index contributed by atoms with van der Waals surface area (Å²) in [7, 11) is 0. The van der Waals surface area contributed by atoms with E-state index in [1.54, 1.807) is 0 Å². The summed E-state index contributed by atoms with van der Waals surface area (Å²) in [5, 5.41) is 259. The number of fused-ring (bicyclic) bond motifs is 2. The number of aliphatic hydroxyl groups is 22. The lowest BCUT2D eigenvalue weighted by atomic mass is 9.94. The molecule has 99 heavy (non-hydrogen) atoms. The van der Waals surface area contributed by atoms with Gasteiger partial charge in [-0.15, -0.1) is 0 Å². The number of ether oxygens (including phenoxy) is 19. The van der Waals surface area contributed by atoms with Crippen LogP contribution >= 0.6 is 0 Å². The highest BCUT2D eigenvalue weighted by Crippen LogP contribution is 2.42. The van der Waals surface area contributed by atoms with Crippen LogP contribution in [0.25, 0.3) is 0 Å². The van der Waals surface area contributed by atoms with E-state index in [9.17, 15) is 132 Å². The van der Waals surface area contributed by atoms with E-state index < -0.39 is 322 Å². The predicted octanol–water partition coefficient (Wildman–Crippen LogP) is -16.7. The molecule has 0 aliphatic carbocycles. The zero-order chi connectivity index (χ0) is 72.3. The van der Waals surface area contributed by atoms with Gasteiger partial charge < -0.3 is 213 Å². The standard InChI is InChI=1S/C54H86O45/c1-53(51(77)78)83-9-17-38(98-53)27(67)32(72)49(91-17)97-42-35(75)50(92-18-10-84-54(2,52(79)80)99-39(18)42)96-41-22(62)12(4-56)86-45(34(41)74)82-7-15-19(59)23(63)28(68)44(89-15)81-8-16-20(60)24(64)29(69)46(90-16)93-36-13(5-57)87-47(30(70)25(36)65)94-37-14(6-58)88-48(31(71)26(37)66)95-40-21(61)11(3-55)85-43(76)33(40)73/h11-50,55-76H,3-10H2,1-2H3,(H,77,78)(H,79,80)/t11-,12-,13-,14-,15-,16-,17-,18-,19-,20-,21+,22-,23+,24+,25-,26-,27-,28-,29-,30-,31-,32-,33-,34-,35-,36-,37-,38+,39-,40+,41+,42-,43?,44-,45-,46+,47+,48+,49+,50+,53?,54?/m1/s1. The molecule has 0 radical (unpaired) electrons. The normalized spacial score (nSPS) is 53.7. The largest absolute Gasteiger partial charge is 0.477 e. The van der Waals surface area contributed by atoms with Crippen LogP contribution in [0.15, 0.2) is 0 Å². The van der Waals surface area contributed by atoms with Crippen molar-refractivity contribution in [2.75, 3.05) is 52.9 Å². The average molecular weight is 1460 g/mol. The highest BCUT2D eigenvalue weighted by molar-refractivity contribution is 5.75. The van der Waals surface area contributed by atoms with Crippen LogP contribution in [0.4, 0.5) is 0 Å². The lowest BCUT2D eigenvalue weighted by molar-refractivity contribution is -0.423. The van der Waals surface area contributed by atoms with Crippen LogP contribution < -0.4 is 0 Å². The number of hydrogen-bond acceptors (Lipinski definition) is 43. The van der Waals surface area contributed by atoms with Crippen molar-refractivity contribution in [1.29, 1.82) is 0 Å². The van der Waals surface area contributed by atoms with Crippen LogP contribution in [0.3, 0.4) is 0 Å². The molecule has 10 fully saturated rings.